The summed E-state index contributed by atoms with van der Waals surface area (Å²) in [5.41, 5.74) is 0.261. The van der Waals surface area contributed by atoms with E-state index in [2.05, 4.69) is 10.1 Å². The van der Waals surface area contributed by atoms with E-state index in [4.69, 9.17) is 9.84 Å². The number of aliphatic carboxylic acids is 1. The van der Waals surface area contributed by atoms with Gasteiger partial charge in [-0.15, -0.1) is 0 Å². The number of barbiturate groups is 1. The first-order valence-electron chi connectivity index (χ1n) is 8.85. The highest BCUT2D eigenvalue weighted by molar-refractivity contribution is 6.39. The van der Waals surface area contributed by atoms with Crippen molar-refractivity contribution in [2.75, 3.05) is 18.6 Å². The van der Waals surface area contributed by atoms with Gasteiger partial charge >= 0.3 is 18.0 Å². The van der Waals surface area contributed by atoms with Gasteiger partial charge in [-0.2, -0.15) is 0 Å². The van der Waals surface area contributed by atoms with Crippen molar-refractivity contribution in [3.8, 4) is 5.75 Å². The minimum absolute atomic E-state index is 0.129. The molecule has 10 heteroatoms. The first-order valence-corrected chi connectivity index (χ1v) is 8.85. The number of imide groups is 2. The van der Waals surface area contributed by atoms with Crippen molar-refractivity contribution < 1.29 is 38.6 Å². The topological polar surface area (TPSA) is 139 Å². The quantitative estimate of drug-likeness (QED) is 0.405. The molecule has 1 aliphatic heterocycles. The number of carbonyl (C=O) groups excluding carboxylic acids is 4. The Balaban J connectivity index is 1.95. The normalized spacial score (nSPS) is 14.9. The number of nitrogens with one attached hydrogen (secondary N) is 1. The summed E-state index contributed by atoms with van der Waals surface area (Å²) in [6.45, 7) is -0.614. The van der Waals surface area contributed by atoms with Crippen molar-refractivity contribution in [3.63, 3.8) is 0 Å². The summed E-state index contributed by atoms with van der Waals surface area (Å²) in [5, 5.41) is 10.9. The zero-order valence-electron chi connectivity index (χ0n) is 16.2. The van der Waals surface area contributed by atoms with E-state index in [-0.39, 0.29) is 28.1 Å². The van der Waals surface area contributed by atoms with Crippen LogP contribution < -0.4 is 15.0 Å². The Morgan fingerprint density at radius 3 is 2.39 bits per heavy atom. The zero-order valence-corrected chi connectivity index (χ0v) is 16.2. The molecule has 0 atom stereocenters. The predicted octanol–water partition coefficient (Wildman–Crippen LogP) is 1.60. The van der Waals surface area contributed by atoms with Gasteiger partial charge in [0.15, 0.2) is 6.61 Å². The van der Waals surface area contributed by atoms with Crippen LogP contribution in [-0.2, 0) is 19.1 Å². The van der Waals surface area contributed by atoms with Crippen LogP contribution in [0.2, 0.25) is 0 Å². The van der Waals surface area contributed by atoms with Gasteiger partial charge in [0.1, 0.15) is 11.3 Å². The van der Waals surface area contributed by atoms with Gasteiger partial charge in [-0.3, -0.25) is 14.9 Å². The second-order valence-electron chi connectivity index (χ2n) is 6.22. The number of hydrogen-bond donors (Lipinski definition) is 2. The number of ether oxygens (including phenoxy) is 2. The van der Waals surface area contributed by atoms with Gasteiger partial charge in [0, 0.05) is 5.56 Å². The van der Waals surface area contributed by atoms with E-state index >= 15 is 0 Å². The Bertz CT molecular complexity index is 1100. The molecule has 0 unspecified atom stereocenters. The lowest BCUT2D eigenvalue weighted by atomic mass is 10.1. The highest BCUT2D eigenvalue weighted by Crippen LogP contribution is 2.25. The maximum atomic E-state index is 13.0. The van der Waals surface area contributed by atoms with E-state index < -0.39 is 36.4 Å². The number of carboxylic acids is 1. The Morgan fingerprint density at radius 1 is 1.06 bits per heavy atom. The van der Waals surface area contributed by atoms with Crippen LogP contribution >= 0.6 is 0 Å². The van der Waals surface area contributed by atoms with Crippen LogP contribution in [0, 0.1) is 0 Å². The molecule has 3 rings (SSSR count). The van der Waals surface area contributed by atoms with Gasteiger partial charge in [0.05, 0.1) is 18.4 Å². The largest absolute Gasteiger partial charge is 0.481 e. The SMILES string of the molecule is COC(=O)c1ccc(N2C(=O)NC(=O)C(=Cc3ccccc3OCC(=O)O)C2=O)cc1. The highest BCUT2D eigenvalue weighted by atomic mass is 16.5. The highest BCUT2D eigenvalue weighted by Gasteiger charge is 2.37. The molecule has 1 fully saturated rings. The van der Waals surface area contributed by atoms with Crippen LogP contribution in [0.4, 0.5) is 10.5 Å². The van der Waals surface area contributed by atoms with Gasteiger partial charge < -0.3 is 14.6 Å². The molecule has 158 valence electrons. The monoisotopic (exact) mass is 424 g/mol. The third kappa shape index (κ3) is 4.58. The van der Waals surface area contributed by atoms with Crippen molar-refractivity contribution >= 4 is 41.5 Å². The lowest BCUT2D eigenvalue weighted by molar-refractivity contribution is -0.139. The van der Waals surface area contributed by atoms with Gasteiger partial charge in [0.25, 0.3) is 11.8 Å². The fourth-order valence-corrected chi connectivity index (χ4v) is 2.78. The molecule has 2 aromatic rings. The number of anilines is 1. The fraction of sp³-hybridized carbons (Fsp3) is 0.0952. The summed E-state index contributed by atoms with van der Waals surface area (Å²) in [5.74, 6) is -3.45. The molecule has 0 saturated carbocycles. The van der Waals surface area contributed by atoms with Crippen molar-refractivity contribution in [2.24, 2.45) is 0 Å². The first-order chi connectivity index (χ1) is 14.8. The Labute approximate surface area is 175 Å². The maximum absolute atomic E-state index is 13.0. The maximum Gasteiger partial charge on any atom is 0.341 e. The first kappa shape index (κ1) is 21.2. The molecule has 0 spiro atoms. The standard InChI is InChI=1S/C21H16N2O8/c1-30-20(28)12-6-8-14(9-7-12)23-19(27)15(18(26)22-21(23)29)10-13-4-2-3-5-16(13)31-11-17(24)25/h2-10H,11H2,1H3,(H,24,25)(H,22,26,29). The number of carboxylic acid groups (broad SMARTS) is 1. The molecule has 1 saturated heterocycles. The van der Waals surface area contributed by atoms with Crippen molar-refractivity contribution in [2.45, 2.75) is 0 Å². The van der Waals surface area contributed by atoms with E-state index in [9.17, 15) is 24.0 Å². The number of benzene rings is 2. The minimum Gasteiger partial charge on any atom is -0.481 e. The second-order valence-corrected chi connectivity index (χ2v) is 6.22. The second kappa shape index (κ2) is 8.91. The number of methoxy groups -OCH3 is 1. The Kier molecular flexibility index (Phi) is 6.10. The molecule has 1 aliphatic rings. The molecule has 2 N–H and O–H groups in total. The number of urea groups is 1. The van der Waals surface area contributed by atoms with Crippen LogP contribution in [0.1, 0.15) is 15.9 Å². The average Bonchev–Trinajstić information content (AvgIpc) is 2.75. The number of carbonyl (C=O) groups is 5. The van der Waals surface area contributed by atoms with Gasteiger partial charge in [-0.25, -0.2) is 19.3 Å². The van der Waals surface area contributed by atoms with Crippen LogP contribution in [0.5, 0.6) is 5.75 Å². The van der Waals surface area contributed by atoms with E-state index in [0.29, 0.717) is 0 Å². The fourth-order valence-electron chi connectivity index (χ4n) is 2.78. The molecular formula is C21H16N2O8. The van der Waals surface area contributed by atoms with Crippen LogP contribution in [0.25, 0.3) is 6.08 Å². The van der Waals surface area contributed by atoms with Gasteiger partial charge in [0.2, 0.25) is 0 Å². The van der Waals surface area contributed by atoms with Crippen LogP contribution in [-0.4, -0.2) is 48.6 Å². The number of hydrogen-bond acceptors (Lipinski definition) is 7. The third-order valence-electron chi connectivity index (χ3n) is 4.22. The molecule has 10 nitrogen and oxygen atoms in total. The Morgan fingerprint density at radius 2 is 1.74 bits per heavy atom. The summed E-state index contributed by atoms with van der Waals surface area (Å²) in [7, 11) is 1.22. The summed E-state index contributed by atoms with van der Waals surface area (Å²) in [4.78, 5) is 60.6. The summed E-state index contributed by atoms with van der Waals surface area (Å²) < 4.78 is 9.78. The predicted molar refractivity (Wildman–Crippen MR) is 106 cm³/mol. The van der Waals surface area contributed by atoms with E-state index in [0.717, 1.165) is 4.90 Å². The van der Waals surface area contributed by atoms with E-state index in [1.165, 1.54) is 49.6 Å². The molecule has 0 aromatic heterocycles. The number of para-hydroxylation sites is 1. The van der Waals surface area contributed by atoms with Crippen molar-refractivity contribution in [1.29, 1.82) is 0 Å². The third-order valence-corrected chi connectivity index (χ3v) is 4.22. The molecule has 2 aromatic carbocycles. The van der Waals surface area contributed by atoms with Gasteiger partial charge in [-0.05, 0) is 36.4 Å². The Hall–Kier alpha value is -4.47. The number of esters is 1. The van der Waals surface area contributed by atoms with E-state index in [1.54, 1.807) is 12.1 Å². The van der Waals surface area contributed by atoms with Crippen LogP contribution in [0.15, 0.2) is 54.1 Å². The number of nitrogens with zero attached hydrogens (tertiary/aromatic N) is 1. The lowest BCUT2D eigenvalue weighted by Gasteiger charge is -2.26. The molecule has 31 heavy (non-hydrogen) atoms. The molecule has 0 radical (unpaired) electrons. The summed E-state index contributed by atoms with van der Waals surface area (Å²) >= 11 is 0. The number of amides is 4. The minimum atomic E-state index is -1.19. The molecular weight excluding hydrogens is 408 g/mol. The molecule has 4 amide bonds. The zero-order chi connectivity index (χ0) is 22.5. The average molecular weight is 424 g/mol. The summed E-state index contributed by atoms with van der Waals surface area (Å²) in [6.07, 6.45) is 1.21. The summed E-state index contributed by atoms with van der Waals surface area (Å²) in [6, 6.07) is 10.7. The molecule has 0 bridgehead atoms. The van der Waals surface area contributed by atoms with Crippen molar-refractivity contribution in [3.05, 3.63) is 65.2 Å². The lowest BCUT2D eigenvalue weighted by Crippen LogP contribution is -2.54. The molecule has 0 aliphatic carbocycles. The smallest absolute Gasteiger partial charge is 0.341 e. The van der Waals surface area contributed by atoms with Crippen LogP contribution in [0.3, 0.4) is 0 Å². The molecule has 1 heterocycles. The van der Waals surface area contributed by atoms with Crippen molar-refractivity contribution in [1.82, 2.24) is 5.32 Å². The van der Waals surface area contributed by atoms with Gasteiger partial charge in [-0.1, -0.05) is 18.2 Å². The number of rotatable bonds is 6. The van der Waals surface area contributed by atoms with E-state index in [1.807, 2.05) is 0 Å².